The predicted molar refractivity (Wildman–Crippen MR) is 69.8 cm³/mol. The van der Waals surface area contributed by atoms with E-state index in [1.165, 1.54) is 12.1 Å². The molecule has 1 aliphatic carbocycles. The summed E-state index contributed by atoms with van der Waals surface area (Å²) in [5.74, 6) is -1.44. The third kappa shape index (κ3) is 3.95. The van der Waals surface area contributed by atoms with E-state index in [0.717, 1.165) is 5.56 Å². The van der Waals surface area contributed by atoms with Crippen molar-refractivity contribution in [2.45, 2.75) is 50.9 Å². The van der Waals surface area contributed by atoms with Gasteiger partial charge in [-0.2, -0.15) is 13.2 Å². The van der Waals surface area contributed by atoms with Crippen molar-refractivity contribution in [2.75, 3.05) is 0 Å². The molecule has 1 nitrogen and oxygen atoms in total. The Labute approximate surface area is 116 Å². The van der Waals surface area contributed by atoms with Gasteiger partial charge in [0.2, 0.25) is 0 Å². The zero-order chi connectivity index (χ0) is 14.8. The molecular weight excluding hydrogens is 270 g/mol. The first-order chi connectivity index (χ1) is 9.36. The van der Waals surface area contributed by atoms with Gasteiger partial charge in [-0.15, -0.1) is 0 Å². The van der Waals surface area contributed by atoms with Crippen LogP contribution >= 0.6 is 0 Å². The Kier molecular flexibility index (Phi) is 4.68. The first kappa shape index (κ1) is 15.3. The highest BCUT2D eigenvalue weighted by Crippen LogP contribution is 2.37. The van der Waals surface area contributed by atoms with Gasteiger partial charge in [0.1, 0.15) is 5.82 Å². The molecule has 0 amide bonds. The van der Waals surface area contributed by atoms with Crippen LogP contribution in [0, 0.1) is 11.7 Å². The van der Waals surface area contributed by atoms with Gasteiger partial charge in [-0.3, -0.25) is 0 Å². The van der Waals surface area contributed by atoms with Gasteiger partial charge in [-0.1, -0.05) is 12.1 Å². The second-order valence-corrected chi connectivity index (χ2v) is 5.53. The molecule has 1 unspecified atom stereocenters. The van der Waals surface area contributed by atoms with Crippen LogP contribution in [0.2, 0.25) is 0 Å². The van der Waals surface area contributed by atoms with E-state index < -0.39 is 12.1 Å². The molecule has 0 heterocycles. The molecule has 1 aromatic carbocycles. The standard InChI is InChI=1S/C15H19F4N/c1-10(11-2-6-13(16)7-3-11)20-14-8-4-12(5-9-14)15(17,18)19/h2-3,6-7,10,12,14,20H,4-5,8-9H2,1H3. The van der Waals surface area contributed by atoms with Crippen LogP contribution in [0.4, 0.5) is 17.6 Å². The molecule has 1 N–H and O–H groups in total. The van der Waals surface area contributed by atoms with E-state index in [1.54, 1.807) is 12.1 Å². The van der Waals surface area contributed by atoms with Crippen molar-refractivity contribution < 1.29 is 17.6 Å². The summed E-state index contributed by atoms with van der Waals surface area (Å²) in [5, 5.41) is 3.34. The summed E-state index contributed by atoms with van der Waals surface area (Å²) in [5.41, 5.74) is 0.948. The minimum absolute atomic E-state index is 0.0167. The Morgan fingerprint density at radius 2 is 1.60 bits per heavy atom. The van der Waals surface area contributed by atoms with Crippen LogP contribution in [0.3, 0.4) is 0 Å². The lowest BCUT2D eigenvalue weighted by Crippen LogP contribution is -2.38. The lowest BCUT2D eigenvalue weighted by Gasteiger charge is -2.32. The van der Waals surface area contributed by atoms with Crippen LogP contribution < -0.4 is 5.32 Å². The number of benzene rings is 1. The Morgan fingerprint density at radius 3 is 2.10 bits per heavy atom. The highest BCUT2D eigenvalue weighted by atomic mass is 19.4. The molecule has 1 aliphatic rings. The Hall–Kier alpha value is -1.10. The first-order valence-electron chi connectivity index (χ1n) is 6.94. The van der Waals surface area contributed by atoms with Gasteiger partial charge in [0, 0.05) is 12.1 Å². The normalized spacial score (nSPS) is 25.4. The third-order valence-electron chi connectivity index (χ3n) is 4.05. The molecule has 1 aromatic rings. The van der Waals surface area contributed by atoms with Crippen molar-refractivity contribution in [3.05, 3.63) is 35.6 Å². The summed E-state index contributed by atoms with van der Waals surface area (Å²) in [4.78, 5) is 0. The molecule has 5 heteroatoms. The molecule has 0 saturated heterocycles. The molecule has 0 radical (unpaired) electrons. The molecule has 1 fully saturated rings. The predicted octanol–water partition coefficient (Wildman–Crippen LogP) is 4.60. The summed E-state index contributed by atoms with van der Waals surface area (Å²) >= 11 is 0. The number of nitrogens with one attached hydrogen (secondary N) is 1. The molecule has 2 rings (SSSR count). The van der Waals surface area contributed by atoms with E-state index in [-0.39, 0.29) is 30.7 Å². The average Bonchev–Trinajstić information content (AvgIpc) is 2.39. The van der Waals surface area contributed by atoms with Crippen LogP contribution in [0.5, 0.6) is 0 Å². The van der Waals surface area contributed by atoms with Gasteiger partial charge in [0.15, 0.2) is 0 Å². The molecule has 0 bridgehead atoms. The number of halogens is 4. The fourth-order valence-electron chi connectivity index (χ4n) is 2.79. The number of rotatable bonds is 3. The van der Waals surface area contributed by atoms with Crippen molar-refractivity contribution in [3.8, 4) is 0 Å². The van der Waals surface area contributed by atoms with Crippen molar-refractivity contribution >= 4 is 0 Å². The summed E-state index contributed by atoms with van der Waals surface area (Å²) in [6.45, 7) is 1.95. The minimum atomic E-state index is -4.06. The molecular formula is C15H19F4N. The minimum Gasteiger partial charge on any atom is -0.307 e. The lowest BCUT2D eigenvalue weighted by atomic mass is 9.85. The maximum absolute atomic E-state index is 12.8. The third-order valence-corrected chi connectivity index (χ3v) is 4.05. The fraction of sp³-hybridized carbons (Fsp3) is 0.600. The van der Waals surface area contributed by atoms with Crippen LogP contribution in [-0.4, -0.2) is 12.2 Å². The maximum atomic E-state index is 12.8. The SMILES string of the molecule is CC(NC1CCC(C(F)(F)F)CC1)c1ccc(F)cc1. The van der Waals surface area contributed by atoms with Gasteiger partial charge >= 0.3 is 6.18 Å². The Balaban J connectivity index is 1.85. The summed E-state index contributed by atoms with van der Waals surface area (Å²) in [7, 11) is 0. The summed E-state index contributed by atoms with van der Waals surface area (Å²) < 4.78 is 50.6. The van der Waals surface area contributed by atoms with Gasteiger partial charge in [-0.05, 0) is 50.3 Å². The van der Waals surface area contributed by atoms with Crippen LogP contribution in [0.25, 0.3) is 0 Å². The van der Waals surface area contributed by atoms with Gasteiger partial charge in [0.05, 0.1) is 5.92 Å². The largest absolute Gasteiger partial charge is 0.391 e. The van der Waals surface area contributed by atoms with Gasteiger partial charge in [0.25, 0.3) is 0 Å². The second kappa shape index (κ2) is 6.12. The molecule has 112 valence electrons. The molecule has 0 aliphatic heterocycles. The van der Waals surface area contributed by atoms with E-state index >= 15 is 0 Å². The van der Waals surface area contributed by atoms with E-state index in [9.17, 15) is 17.6 Å². The van der Waals surface area contributed by atoms with Gasteiger partial charge < -0.3 is 5.32 Å². The van der Waals surface area contributed by atoms with Gasteiger partial charge in [-0.25, -0.2) is 4.39 Å². The average molecular weight is 289 g/mol. The lowest BCUT2D eigenvalue weighted by molar-refractivity contribution is -0.182. The zero-order valence-electron chi connectivity index (χ0n) is 11.4. The Morgan fingerprint density at radius 1 is 1.05 bits per heavy atom. The highest BCUT2D eigenvalue weighted by Gasteiger charge is 2.41. The van der Waals surface area contributed by atoms with Crippen LogP contribution in [0.15, 0.2) is 24.3 Å². The topological polar surface area (TPSA) is 12.0 Å². The first-order valence-corrected chi connectivity index (χ1v) is 6.94. The van der Waals surface area contributed by atoms with Crippen molar-refractivity contribution in [1.82, 2.24) is 5.32 Å². The maximum Gasteiger partial charge on any atom is 0.391 e. The van der Waals surface area contributed by atoms with Crippen LogP contribution in [-0.2, 0) is 0 Å². The summed E-state index contributed by atoms with van der Waals surface area (Å²) in [6.07, 6.45) is -2.60. The Bertz CT molecular complexity index is 418. The van der Waals surface area contributed by atoms with Crippen LogP contribution in [0.1, 0.15) is 44.2 Å². The quantitative estimate of drug-likeness (QED) is 0.802. The van der Waals surface area contributed by atoms with E-state index in [2.05, 4.69) is 5.32 Å². The monoisotopic (exact) mass is 289 g/mol. The number of alkyl halides is 3. The molecule has 20 heavy (non-hydrogen) atoms. The molecule has 1 atom stereocenters. The van der Waals surface area contributed by atoms with Crippen molar-refractivity contribution in [1.29, 1.82) is 0 Å². The highest BCUT2D eigenvalue weighted by molar-refractivity contribution is 5.19. The molecule has 0 spiro atoms. The number of hydrogen-bond acceptors (Lipinski definition) is 1. The smallest absolute Gasteiger partial charge is 0.307 e. The van der Waals surface area contributed by atoms with E-state index in [0.29, 0.717) is 12.8 Å². The zero-order valence-corrected chi connectivity index (χ0v) is 11.4. The fourth-order valence-corrected chi connectivity index (χ4v) is 2.79. The van der Waals surface area contributed by atoms with Crippen molar-refractivity contribution in [3.63, 3.8) is 0 Å². The van der Waals surface area contributed by atoms with E-state index in [1.807, 2.05) is 6.92 Å². The number of hydrogen-bond donors (Lipinski definition) is 1. The van der Waals surface area contributed by atoms with Crippen molar-refractivity contribution in [2.24, 2.45) is 5.92 Å². The molecule has 1 saturated carbocycles. The van der Waals surface area contributed by atoms with E-state index in [4.69, 9.17) is 0 Å². The molecule has 0 aromatic heterocycles. The summed E-state index contributed by atoms with van der Waals surface area (Å²) in [6, 6.07) is 6.32. The second-order valence-electron chi connectivity index (χ2n) is 5.53.